The number of nitrogens with one attached hydrogen (secondary N) is 1. The molecular formula is C13H28N2. The molecule has 3 N–H and O–H groups in total. The Morgan fingerprint density at radius 3 is 2.20 bits per heavy atom. The minimum absolute atomic E-state index is 0.236. The summed E-state index contributed by atoms with van der Waals surface area (Å²) in [7, 11) is 2.05. The molecule has 90 valence electrons. The molecule has 1 saturated carbocycles. The van der Waals surface area contributed by atoms with Gasteiger partial charge in [-0.15, -0.1) is 0 Å². The SMILES string of the molecule is CCC(C)(C)C1CCC(CN)(NC)CC1. The molecule has 0 unspecified atom stereocenters. The lowest BCUT2D eigenvalue weighted by molar-refractivity contribution is 0.105. The molecule has 0 atom stereocenters. The van der Waals surface area contributed by atoms with Crippen molar-refractivity contribution < 1.29 is 0 Å². The summed E-state index contributed by atoms with van der Waals surface area (Å²) < 4.78 is 0. The number of hydrogen-bond donors (Lipinski definition) is 2. The lowest BCUT2D eigenvalue weighted by atomic mass is 9.65. The van der Waals surface area contributed by atoms with Crippen LogP contribution in [0, 0.1) is 11.3 Å². The van der Waals surface area contributed by atoms with Crippen molar-refractivity contribution in [3.05, 3.63) is 0 Å². The van der Waals surface area contributed by atoms with Crippen LogP contribution in [0.3, 0.4) is 0 Å². The van der Waals surface area contributed by atoms with Crippen molar-refractivity contribution in [2.24, 2.45) is 17.1 Å². The predicted molar refractivity (Wildman–Crippen MR) is 66.9 cm³/mol. The lowest BCUT2D eigenvalue weighted by Gasteiger charge is -2.44. The zero-order valence-electron chi connectivity index (χ0n) is 10.9. The zero-order valence-corrected chi connectivity index (χ0v) is 10.9. The summed E-state index contributed by atoms with van der Waals surface area (Å²) in [5.74, 6) is 0.885. The molecule has 0 saturated heterocycles. The van der Waals surface area contributed by atoms with Crippen LogP contribution >= 0.6 is 0 Å². The predicted octanol–water partition coefficient (Wildman–Crippen LogP) is 2.53. The minimum Gasteiger partial charge on any atom is -0.329 e. The maximum atomic E-state index is 5.87. The molecule has 2 nitrogen and oxygen atoms in total. The molecule has 1 aliphatic rings. The molecule has 1 fully saturated rings. The van der Waals surface area contributed by atoms with E-state index in [0.29, 0.717) is 5.41 Å². The standard InChI is InChI=1S/C13H28N2/c1-5-12(2,3)11-6-8-13(10-14,15-4)9-7-11/h11,15H,5-10,14H2,1-4H3. The fourth-order valence-corrected chi connectivity index (χ4v) is 2.80. The van der Waals surface area contributed by atoms with Crippen LogP contribution in [-0.4, -0.2) is 19.1 Å². The van der Waals surface area contributed by atoms with Crippen LogP contribution in [0.15, 0.2) is 0 Å². The first kappa shape index (κ1) is 13.0. The van der Waals surface area contributed by atoms with Crippen molar-refractivity contribution in [2.75, 3.05) is 13.6 Å². The lowest BCUT2D eigenvalue weighted by Crippen LogP contribution is -2.52. The second-order valence-corrected chi connectivity index (χ2v) is 5.85. The van der Waals surface area contributed by atoms with Gasteiger partial charge in [-0.2, -0.15) is 0 Å². The van der Waals surface area contributed by atoms with E-state index in [4.69, 9.17) is 5.73 Å². The number of rotatable bonds is 4. The highest BCUT2D eigenvalue weighted by molar-refractivity contribution is 4.95. The molecule has 2 heteroatoms. The van der Waals surface area contributed by atoms with Gasteiger partial charge in [-0.05, 0) is 44.1 Å². The molecule has 0 aliphatic heterocycles. The van der Waals surface area contributed by atoms with E-state index in [-0.39, 0.29) is 5.54 Å². The van der Waals surface area contributed by atoms with Gasteiger partial charge in [0, 0.05) is 12.1 Å². The second-order valence-electron chi connectivity index (χ2n) is 5.85. The van der Waals surface area contributed by atoms with Gasteiger partial charge < -0.3 is 11.1 Å². The van der Waals surface area contributed by atoms with E-state index in [1.54, 1.807) is 0 Å². The van der Waals surface area contributed by atoms with Gasteiger partial charge in [0.25, 0.3) is 0 Å². The van der Waals surface area contributed by atoms with Crippen LogP contribution < -0.4 is 11.1 Å². The Labute approximate surface area is 95.0 Å². The van der Waals surface area contributed by atoms with Crippen LogP contribution in [0.1, 0.15) is 52.9 Å². The van der Waals surface area contributed by atoms with Crippen LogP contribution in [-0.2, 0) is 0 Å². The monoisotopic (exact) mass is 212 g/mol. The summed E-state index contributed by atoms with van der Waals surface area (Å²) in [4.78, 5) is 0. The molecule has 0 heterocycles. The molecule has 1 aliphatic carbocycles. The number of nitrogens with two attached hydrogens (primary N) is 1. The van der Waals surface area contributed by atoms with Gasteiger partial charge in [0.1, 0.15) is 0 Å². The molecule has 0 aromatic carbocycles. The molecular weight excluding hydrogens is 184 g/mol. The van der Waals surface area contributed by atoms with Gasteiger partial charge in [-0.3, -0.25) is 0 Å². The Bertz CT molecular complexity index is 185. The first-order valence-corrected chi connectivity index (χ1v) is 6.38. The number of likely N-dealkylation sites (N-methyl/N-ethyl adjacent to an activating group) is 1. The molecule has 0 aromatic rings. The summed E-state index contributed by atoms with van der Waals surface area (Å²) >= 11 is 0. The van der Waals surface area contributed by atoms with Gasteiger partial charge in [0.2, 0.25) is 0 Å². The highest BCUT2D eigenvalue weighted by atomic mass is 15.0. The first-order valence-electron chi connectivity index (χ1n) is 6.38. The largest absolute Gasteiger partial charge is 0.329 e. The summed E-state index contributed by atoms with van der Waals surface area (Å²) in [6, 6.07) is 0. The quantitative estimate of drug-likeness (QED) is 0.751. The highest BCUT2D eigenvalue weighted by Crippen LogP contribution is 2.42. The van der Waals surface area contributed by atoms with E-state index in [1.165, 1.54) is 32.1 Å². The van der Waals surface area contributed by atoms with Crippen molar-refractivity contribution in [1.82, 2.24) is 5.32 Å². The van der Waals surface area contributed by atoms with Crippen molar-refractivity contribution in [1.29, 1.82) is 0 Å². The van der Waals surface area contributed by atoms with E-state index in [2.05, 4.69) is 33.1 Å². The third-order valence-electron chi connectivity index (χ3n) is 4.88. The fraction of sp³-hybridized carbons (Fsp3) is 1.00. The summed E-state index contributed by atoms with van der Waals surface area (Å²) in [6.07, 6.45) is 6.44. The van der Waals surface area contributed by atoms with E-state index < -0.39 is 0 Å². The van der Waals surface area contributed by atoms with Crippen LogP contribution in [0.4, 0.5) is 0 Å². The maximum Gasteiger partial charge on any atom is 0.0301 e. The Hall–Kier alpha value is -0.0800. The molecule has 0 spiro atoms. The molecule has 0 bridgehead atoms. The topological polar surface area (TPSA) is 38.0 Å². The number of hydrogen-bond acceptors (Lipinski definition) is 2. The third-order valence-corrected chi connectivity index (χ3v) is 4.88. The normalized spacial score (nSPS) is 33.0. The Kier molecular flexibility index (Phi) is 4.19. The van der Waals surface area contributed by atoms with Gasteiger partial charge >= 0.3 is 0 Å². The van der Waals surface area contributed by atoms with Crippen LogP contribution in [0.25, 0.3) is 0 Å². The van der Waals surface area contributed by atoms with Gasteiger partial charge in [0.15, 0.2) is 0 Å². The van der Waals surface area contributed by atoms with Gasteiger partial charge in [-0.25, -0.2) is 0 Å². The highest BCUT2D eigenvalue weighted by Gasteiger charge is 2.37. The van der Waals surface area contributed by atoms with Gasteiger partial charge in [0.05, 0.1) is 0 Å². The molecule has 1 rings (SSSR count). The molecule has 0 radical (unpaired) electrons. The summed E-state index contributed by atoms with van der Waals surface area (Å²) in [5, 5.41) is 3.43. The first-order chi connectivity index (χ1) is 6.99. The van der Waals surface area contributed by atoms with Crippen molar-refractivity contribution >= 4 is 0 Å². The molecule has 0 amide bonds. The molecule has 0 aromatic heterocycles. The van der Waals surface area contributed by atoms with Crippen molar-refractivity contribution in [3.63, 3.8) is 0 Å². The average Bonchev–Trinajstić information content (AvgIpc) is 2.29. The van der Waals surface area contributed by atoms with Crippen molar-refractivity contribution in [3.8, 4) is 0 Å². The van der Waals surface area contributed by atoms with Crippen LogP contribution in [0.2, 0.25) is 0 Å². The average molecular weight is 212 g/mol. The van der Waals surface area contributed by atoms with E-state index >= 15 is 0 Å². The van der Waals surface area contributed by atoms with E-state index in [0.717, 1.165) is 12.5 Å². The Balaban J connectivity index is 2.55. The van der Waals surface area contributed by atoms with E-state index in [1.807, 2.05) is 0 Å². The smallest absolute Gasteiger partial charge is 0.0301 e. The van der Waals surface area contributed by atoms with Gasteiger partial charge in [-0.1, -0.05) is 27.2 Å². The third kappa shape index (κ3) is 2.73. The Morgan fingerprint density at radius 1 is 1.33 bits per heavy atom. The summed E-state index contributed by atoms with van der Waals surface area (Å²) in [5.41, 5.74) is 6.62. The van der Waals surface area contributed by atoms with Crippen LogP contribution in [0.5, 0.6) is 0 Å². The van der Waals surface area contributed by atoms with Crippen molar-refractivity contribution in [2.45, 2.75) is 58.4 Å². The summed E-state index contributed by atoms with van der Waals surface area (Å²) in [6.45, 7) is 7.91. The maximum absolute atomic E-state index is 5.87. The second kappa shape index (κ2) is 4.84. The molecule has 15 heavy (non-hydrogen) atoms. The fourth-order valence-electron chi connectivity index (χ4n) is 2.80. The Morgan fingerprint density at radius 2 is 1.87 bits per heavy atom. The zero-order chi connectivity index (χ0) is 11.5. The van der Waals surface area contributed by atoms with E-state index in [9.17, 15) is 0 Å². The minimum atomic E-state index is 0.236.